The lowest BCUT2D eigenvalue weighted by Crippen LogP contribution is -2.04. The van der Waals surface area contributed by atoms with Crippen molar-refractivity contribution in [3.05, 3.63) is 28.5 Å². The minimum atomic E-state index is -0.285. The topological polar surface area (TPSA) is 39.2 Å². The van der Waals surface area contributed by atoms with Gasteiger partial charge in [0.1, 0.15) is 6.10 Å². The molecule has 0 N–H and O–H groups in total. The van der Waals surface area contributed by atoms with Gasteiger partial charge in [-0.25, -0.2) is 0 Å². The summed E-state index contributed by atoms with van der Waals surface area (Å²) in [6, 6.07) is 1.88. The van der Waals surface area contributed by atoms with Crippen molar-refractivity contribution >= 4 is 21.9 Å². The third-order valence-electron chi connectivity index (χ3n) is 1.54. The summed E-state index contributed by atoms with van der Waals surface area (Å²) >= 11 is 3.29. The average Bonchev–Trinajstić information content (AvgIpc) is 2.03. The average molecular weight is 244 g/mol. The van der Waals surface area contributed by atoms with Crippen molar-refractivity contribution in [3.8, 4) is 0 Å². The highest BCUT2D eigenvalue weighted by Gasteiger charge is 2.08. The summed E-state index contributed by atoms with van der Waals surface area (Å²) in [5, 5.41) is 0. The van der Waals surface area contributed by atoms with Gasteiger partial charge in [0.2, 0.25) is 0 Å². The molecule has 1 unspecified atom stereocenters. The molecule has 3 nitrogen and oxygen atoms in total. The molecule has 70 valence electrons. The number of nitrogens with zero attached hydrogens (tertiary/aromatic N) is 1. The zero-order chi connectivity index (χ0) is 9.84. The fourth-order valence-electron chi connectivity index (χ4n) is 0.968. The maximum Gasteiger partial charge on any atom is 0.303 e. The van der Waals surface area contributed by atoms with Gasteiger partial charge in [-0.3, -0.25) is 9.78 Å². The van der Waals surface area contributed by atoms with Gasteiger partial charge in [-0.2, -0.15) is 0 Å². The van der Waals surface area contributed by atoms with E-state index in [0.717, 1.165) is 10.0 Å². The van der Waals surface area contributed by atoms with Gasteiger partial charge in [0.25, 0.3) is 0 Å². The van der Waals surface area contributed by atoms with Crippen molar-refractivity contribution in [2.24, 2.45) is 0 Å². The van der Waals surface area contributed by atoms with Gasteiger partial charge in [-0.1, -0.05) is 0 Å². The second-order valence-corrected chi connectivity index (χ2v) is 3.60. The first-order valence-corrected chi connectivity index (χ1v) is 4.66. The lowest BCUT2D eigenvalue weighted by atomic mass is 10.2. The van der Waals surface area contributed by atoms with E-state index in [1.54, 1.807) is 12.4 Å². The van der Waals surface area contributed by atoms with Crippen molar-refractivity contribution in [3.63, 3.8) is 0 Å². The largest absolute Gasteiger partial charge is 0.458 e. The molecule has 0 fully saturated rings. The van der Waals surface area contributed by atoms with Gasteiger partial charge >= 0.3 is 5.97 Å². The summed E-state index contributed by atoms with van der Waals surface area (Å²) < 4.78 is 5.87. The molecule has 0 aromatic carbocycles. The zero-order valence-corrected chi connectivity index (χ0v) is 9.04. The highest BCUT2D eigenvalue weighted by atomic mass is 79.9. The normalized spacial score (nSPS) is 12.2. The Balaban J connectivity index is 2.76. The van der Waals surface area contributed by atoms with Gasteiger partial charge in [0.15, 0.2) is 0 Å². The van der Waals surface area contributed by atoms with Crippen LogP contribution in [-0.4, -0.2) is 11.0 Å². The van der Waals surface area contributed by atoms with E-state index in [9.17, 15) is 4.79 Å². The number of pyridine rings is 1. The summed E-state index contributed by atoms with van der Waals surface area (Å²) in [4.78, 5) is 14.6. The van der Waals surface area contributed by atoms with Crippen LogP contribution in [0.3, 0.4) is 0 Å². The molecule has 1 rings (SSSR count). The molecule has 0 aliphatic heterocycles. The number of hydrogen-bond donors (Lipinski definition) is 0. The first-order chi connectivity index (χ1) is 6.09. The second-order valence-electron chi connectivity index (χ2n) is 2.69. The molecule has 1 aromatic rings. The molecule has 4 heteroatoms. The van der Waals surface area contributed by atoms with Crippen LogP contribution in [0.25, 0.3) is 0 Å². The van der Waals surface area contributed by atoms with Crippen molar-refractivity contribution < 1.29 is 9.53 Å². The monoisotopic (exact) mass is 243 g/mol. The Labute approximate surface area is 85.3 Å². The number of esters is 1. The molecular formula is C9H10BrNO2. The van der Waals surface area contributed by atoms with Gasteiger partial charge in [0, 0.05) is 29.4 Å². The van der Waals surface area contributed by atoms with Crippen LogP contribution in [-0.2, 0) is 9.53 Å². The zero-order valence-electron chi connectivity index (χ0n) is 7.45. The van der Waals surface area contributed by atoms with E-state index >= 15 is 0 Å². The summed E-state index contributed by atoms with van der Waals surface area (Å²) in [5.74, 6) is -0.285. The summed E-state index contributed by atoms with van der Waals surface area (Å²) in [6.45, 7) is 3.20. The van der Waals surface area contributed by atoms with Crippen molar-refractivity contribution in [2.75, 3.05) is 0 Å². The number of halogens is 1. The highest BCUT2D eigenvalue weighted by Crippen LogP contribution is 2.19. The molecule has 0 aliphatic rings. The standard InChI is InChI=1S/C9H10BrNO2/c1-6(13-7(2)12)8-3-9(10)5-11-4-8/h3-6H,1-2H3. The lowest BCUT2D eigenvalue weighted by Gasteiger charge is -2.11. The Hall–Kier alpha value is -0.900. The van der Waals surface area contributed by atoms with E-state index in [1.165, 1.54) is 6.92 Å². The van der Waals surface area contributed by atoms with Crippen LogP contribution in [0.1, 0.15) is 25.5 Å². The predicted octanol–water partition coefficient (Wildman–Crippen LogP) is 2.47. The van der Waals surface area contributed by atoms with Gasteiger partial charge in [0.05, 0.1) is 0 Å². The first-order valence-electron chi connectivity index (χ1n) is 3.87. The van der Waals surface area contributed by atoms with Crippen LogP contribution in [0.5, 0.6) is 0 Å². The minimum Gasteiger partial charge on any atom is -0.458 e. The number of carbonyl (C=O) groups excluding carboxylic acids is 1. The quantitative estimate of drug-likeness (QED) is 0.750. The number of ether oxygens (including phenoxy) is 1. The fraction of sp³-hybridized carbons (Fsp3) is 0.333. The predicted molar refractivity (Wildman–Crippen MR) is 52.1 cm³/mol. The second kappa shape index (κ2) is 4.37. The maximum atomic E-state index is 10.7. The molecule has 1 heterocycles. The van der Waals surface area contributed by atoms with Crippen LogP contribution < -0.4 is 0 Å². The van der Waals surface area contributed by atoms with E-state index in [2.05, 4.69) is 20.9 Å². The maximum absolute atomic E-state index is 10.7. The molecule has 0 spiro atoms. The Morgan fingerprint density at radius 1 is 1.62 bits per heavy atom. The van der Waals surface area contributed by atoms with Crippen LogP contribution in [0.4, 0.5) is 0 Å². The Morgan fingerprint density at radius 3 is 2.85 bits per heavy atom. The van der Waals surface area contributed by atoms with Gasteiger partial charge in [-0.05, 0) is 28.9 Å². The molecule has 1 aromatic heterocycles. The van der Waals surface area contributed by atoms with E-state index in [0.29, 0.717) is 0 Å². The molecular weight excluding hydrogens is 234 g/mol. The third-order valence-corrected chi connectivity index (χ3v) is 1.97. The molecule has 0 saturated heterocycles. The highest BCUT2D eigenvalue weighted by molar-refractivity contribution is 9.10. The van der Waals surface area contributed by atoms with Gasteiger partial charge in [-0.15, -0.1) is 0 Å². The number of aromatic nitrogens is 1. The molecule has 0 bridgehead atoms. The van der Waals surface area contributed by atoms with Crippen LogP contribution >= 0.6 is 15.9 Å². The molecule has 0 saturated carbocycles. The molecule has 1 atom stereocenters. The summed E-state index contributed by atoms with van der Waals surface area (Å²) in [6.07, 6.45) is 3.12. The van der Waals surface area contributed by atoms with E-state index in [4.69, 9.17) is 4.74 Å². The Bertz CT molecular complexity index is 314. The third kappa shape index (κ3) is 3.14. The summed E-state index contributed by atoms with van der Waals surface area (Å²) in [7, 11) is 0. The number of carbonyl (C=O) groups is 1. The smallest absolute Gasteiger partial charge is 0.303 e. The first kappa shape index (κ1) is 10.2. The minimum absolute atomic E-state index is 0.248. The van der Waals surface area contributed by atoms with Crippen LogP contribution in [0.15, 0.2) is 22.9 Å². The van der Waals surface area contributed by atoms with Crippen LogP contribution in [0, 0.1) is 0 Å². The summed E-state index contributed by atoms with van der Waals surface area (Å²) in [5.41, 5.74) is 0.879. The Kier molecular flexibility index (Phi) is 3.42. The lowest BCUT2D eigenvalue weighted by molar-refractivity contribution is -0.145. The van der Waals surface area contributed by atoms with Crippen molar-refractivity contribution in [2.45, 2.75) is 20.0 Å². The molecule has 0 aliphatic carbocycles. The van der Waals surface area contributed by atoms with E-state index < -0.39 is 0 Å². The molecule has 0 amide bonds. The van der Waals surface area contributed by atoms with Crippen LogP contribution in [0.2, 0.25) is 0 Å². The van der Waals surface area contributed by atoms with Crippen molar-refractivity contribution in [1.29, 1.82) is 0 Å². The Morgan fingerprint density at radius 2 is 2.31 bits per heavy atom. The number of hydrogen-bond acceptors (Lipinski definition) is 3. The van der Waals surface area contributed by atoms with Crippen molar-refractivity contribution in [1.82, 2.24) is 4.98 Å². The van der Waals surface area contributed by atoms with E-state index in [-0.39, 0.29) is 12.1 Å². The number of rotatable bonds is 2. The molecule has 13 heavy (non-hydrogen) atoms. The van der Waals surface area contributed by atoms with E-state index in [1.807, 2.05) is 13.0 Å². The SMILES string of the molecule is CC(=O)OC(C)c1cncc(Br)c1. The van der Waals surface area contributed by atoms with Gasteiger partial charge < -0.3 is 4.74 Å². The fourth-order valence-corrected chi connectivity index (χ4v) is 1.35. The molecule has 0 radical (unpaired) electrons.